The molecule has 0 aliphatic heterocycles. The van der Waals surface area contributed by atoms with Crippen molar-refractivity contribution in [2.45, 2.75) is 41.5 Å². The van der Waals surface area contributed by atoms with Crippen LogP contribution in [0.15, 0.2) is 182 Å². The Balaban J connectivity index is 0.000000792. The van der Waals surface area contributed by atoms with Gasteiger partial charge >= 0.3 is 0 Å². The lowest BCUT2D eigenvalue weighted by atomic mass is 10.0. The average molecular weight is 745 g/mol. The number of benzene rings is 7. The first-order valence-electron chi connectivity index (χ1n) is 20.1. The number of hydrogen-bond donors (Lipinski definition) is 0. The van der Waals surface area contributed by atoms with E-state index in [1.807, 2.05) is 77.9 Å². The van der Waals surface area contributed by atoms with Crippen molar-refractivity contribution < 1.29 is 0 Å². The Morgan fingerprint density at radius 2 is 0.509 bits per heavy atom. The Morgan fingerprint density at radius 3 is 0.772 bits per heavy atom. The van der Waals surface area contributed by atoms with Gasteiger partial charge in [0.25, 0.3) is 0 Å². The normalized spacial score (nSPS) is 10.6. The van der Waals surface area contributed by atoms with Gasteiger partial charge in [0, 0.05) is 33.8 Å². The molecule has 0 amide bonds. The van der Waals surface area contributed by atoms with E-state index < -0.39 is 0 Å². The van der Waals surface area contributed by atoms with Crippen LogP contribution in [0.1, 0.15) is 41.5 Å². The molecule has 0 aliphatic rings. The van der Waals surface area contributed by atoms with Crippen molar-refractivity contribution in [2.75, 3.05) is 0 Å². The molecule has 0 saturated carbocycles. The Kier molecular flexibility index (Phi) is 11.8. The molecule has 0 radical (unpaired) electrons. The summed E-state index contributed by atoms with van der Waals surface area (Å²) in [5.41, 5.74) is 11.9. The molecule has 6 heteroatoms. The van der Waals surface area contributed by atoms with Crippen molar-refractivity contribution in [3.05, 3.63) is 182 Å². The van der Waals surface area contributed by atoms with E-state index in [4.69, 9.17) is 15.0 Å². The summed E-state index contributed by atoms with van der Waals surface area (Å²) in [4.78, 5) is 15.9. The van der Waals surface area contributed by atoms with Crippen LogP contribution in [0.2, 0.25) is 0 Å². The molecule has 0 fully saturated rings. The standard InChI is InChI=1S/C45H30N6.3C2H6/c1-4-16-34(17-5-1)49-40-25-13-10-22-37(40)46-43(49)31-28-32(44-47-38-23-11-14-26-41(38)50(44)35-18-6-2-7-19-35)30-33(29-31)45-48-39-24-12-15-27-42(39)51(45)36-20-8-3-9-21-36;3*1-2/h1-30H;3*1-2H3. The highest BCUT2D eigenvalue weighted by Crippen LogP contribution is 2.38. The highest BCUT2D eigenvalue weighted by Gasteiger charge is 2.22. The molecule has 282 valence electrons. The minimum Gasteiger partial charge on any atom is -0.292 e. The first kappa shape index (κ1) is 38.2. The topological polar surface area (TPSA) is 53.5 Å². The molecule has 0 unspecified atom stereocenters. The summed E-state index contributed by atoms with van der Waals surface area (Å²) in [6, 6.07) is 63.0. The highest BCUT2D eigenvalue weighted by atomic mass is 15.1. The molecule has 0 atom stereocenters. The second-order valence-corrected chi connectivity index (χ2v) is 12.6. The molecule has 0 saturated heterocycles. The van der Waals surface area contributed by atoms with Gasteiger partial charge in [0.15, 0.2) is 0 Å². The lowest BCUT2D eigenvalue weighted by Gasteiger charge is -2.15. The Labute approximate surface area is 335 Å². The summed E-state index contributed by atoms with van der Waals surface area (Å²) in [7, 11) is 0. The second kappa shape index (κ2) is 17.6. The Bertz CT molecular complexity index is 2520. The maximum atomic E-state index is 5.28. The largest absolute Gasteiger partial charge is 0.292 e. The van der Waals surface area contributed by atoms with E-state index in [0.717, 1.165) is 84.3 Å². The van der Waals surface area contributed by atoms with E-state index in [1.165, 1.54) is 0 Å². The summed E-state index contributed by atoms with van der Waals surface area (Å²) in [5.74, 6) is 2.53. The van der Waals surface area contributed by atoms with Crippen molar-refractivity contribution in [3.63, 3.8) is 0 Å². The maximum absolute atomic E-state index is 5.28. The van der Waals surface area contributed by atoms with Crippen molar-refractivity contribution in [1.82, 2.24) is 28.7 Å². The van der Waals surface area contributed by atoms with E-state index in [0.29, 0.717) is 0 Å². The molecule has 57 heavy (non-hydrogen) atoms. The van der Waals surface area contributed by atoms with E-state index in [9.17, 15) is 0 Å². The zero-order valence-electron chi connectivity index (χ0n) is 33.5. The lowest BCUT2D eigenvalue weighted by molar-refractivity contribution is 1.09. The quantitative estimate of drug-likeness (QED) is 0.170. The van der Waals surface area contributed by atoms with Gasteiger partial charge in [-0.1, -0.05) is 133 Å². The van der Waals surface area contributed by atoms with Gasteiger partial charge in [-0.3, -0.25) is 13.7 Å². The summed E-state index contributed by atoms with van der Waals surface area (Å²) in [5, 5.41) is 0. The van der Waals surface area contributed by atoms with Gasteiger partial charge in [0.2, 0.25) is 0 Å². The van der Waals surface area contributed by atoms with Gasteiger partial charge in [-0.15, -0.1) is 0 Å². The molecule has 10 aromatic rings. The van der Waals surface area contributed by atoms with Crippen molar-refractivity contribution >= 4 is 33.1 Å². The lowest BCUT2D eigenvalue weighted by Crippen LogP contribution is -2.02. The third-order valence-electron chi connectivity index (χ3n) is 9.43. The number of hydrogen-bond acceptors (Lipinski definition) is 3. The van der Waals surface area contributed by atoms with Crippen LogP contribution in [0.3, 0.4) is 0 Å². The van der Waals surface area contributed by atoms with Crippen LogP contribution < -0.4 is 0 Å². The van der Waals surface area contributed by atoms with Gasteiger partial charge in [0.1, 0.15) is 17.5 Å². The fourth-order valence-corrected chi connectivity index (χ4v) is 7.19. The fourth-order valence-electron chi connectivity index (χ4n) is 7.19. The number of rotatable bonds is 6. The third-order valence-corrected chi connectivity index (χ3v) is 9.43. The highest BCUT2D eigenvalue weighted by molar-refractivity contribution is 5.90. The zero-order valence-corrected chi connectivity index (χ0v) is 33.5. The molecule has 3 heterocycles. The third kappa shape index (κ3) is 7.26. The summed E-state index contributed by atoms with van der Waals surface area (Å²) < 4.78 is 6.75. The Hall–Kier alpha value is -7.05. The maximum Gasteiger partial charge on any atom is 0.145 e. The van der Waals surface area contributed by atoms with Crippen LogP contribution in [0.25, 0.3) is 84.3 Å². The summed E-state index contributed by atoms with van der Waals surface area (Å²) in [6.07, 6.45) is 0. The number of nitrogens with zero attached hydrogens (tertiary/aromatic N) is 6. The van der Waals surface area contributed by atoms with Gasteiger partial charge in [-0.05, 0) is 91.0 Å². The predicted molar refractivity (Wildman–Crippen MR) is 241 cm³/mol. The molecule has 6 nitrogen and oxygen atoms in total. The first-order valence-corrected chi connectivity index (χ1v) is 20.1. The number of para-hydroxylation sites is 9. The number of aromatic nitrogens is 6. The molecular formula is C51H48N6. The predicted octanol–water partition coefficient (Wildman–Crippen LogP) is 13.8. The van der Waals surface area contributed by atoms with Gasteiger partial charge in [0.05, 0.1) is 33.1 Å². The van der Waals surface area contributed by atoms with Crippen LogP contribution in [-0.4, -0.2) is 28.7 Å². The molecule has 0 aliphatic carbocycles. The van der Waals surface area contributed by atoms with E-state index in [2.05, 4.69) is 159 Å². The monoisotopic (exact) mass is 744 g/mol. The SMILES string of the molecule is CC.CC.CC.c1ccc(-n2c(-c3cc(-c4nc5ccccc5n4-c4ccccc4)cc(-c4nc5ccccc5n4-c4ccccc4)c3)nc3ccccc32)cc1. The molecule has 0 N–H and O–H groups in total. The molecular weight excluding hydrogens is 697 g/mol. The number of imidazole rings is 3. The summed E-state index contributed by atoms with van der Waals surface area (Å²) in [6.45, 7) is 12.0. The molecule has 0 bridgehead atoms. The molecule has 3 aromatic heterocycles. The summed E-state index contributed by atoms with van der Waals surface area (Å²) >= 11 is 0. The van der Waals surface area contributed by atoms with Crippen molar-refractivity contribution in [2.24, 2.45) is 0 Å². The van der Waals surface area contributed by atoms with Gasteiger partial charge in [-0.2, -0.15) is 0 Å². The molecule has 7 aromatic carbocycles. The minimum atomic E-state index is 0.843. The molecule has 0 spiro atoms. The smallest absolute Gasteiger partial charge is 0.145 e. The van der Waals surface area contributed by atoms with E-state index in [1.54, 1.807) is 0 Å². The first-order chi connectivity index (χ1) is 28.3. The van der Waals surface area contributed by atoms with Crippen LogP contribution in [-0.2, 0) is 0 Å². The minimum absolute atomic E-state index is 0.843. The zero-order chi connectivity index (χ0) is 39.7. The Morgan fingerprint density at radius 1 is 0.281 bits per heavy atom. The van der Waals surface area contributed by atoms with Gasteiger partial charge in [-0.25, -0.2) is 15.0 Å². The average Bonchev–Trinajstić information content (AvgIpc) is 4.02. The fraction of sp³-hybridized carbons (Fsp3) is 0.118. The van der Waals surface area contributed by atoms with E-state index >= 15 is 0 Å². The van der Waals surface area contributed by atoms with Crippen LogP contribution in [0.5, 0.6) is 0 Å². The van der Waals surface area contributed by atoms with Gasteiger partial charge < -0.3 is 0 Å². The van der Waals surface area contributed by atoms with Crippen LogP contribution >= 0.6 is 0 Å². The van der Waals surface area contributed by atoms with E-state index in [-0.39, 0.29) is 0 Å². The van der Waals surface area contributed by atoms with Crippen molar-refractivity contribution in [1.29, 1.82) is 0 Å². The van der Waals surface area contributed by atoms with Crippen LogP contribution in [0.4, 0.5) is 0 Å². The number of fused-ring (bicyclic) bond motifs is 3. The van der Waals surface area contributed by atoms with Crippen molar-refractivity contribution in [3.8, 4) is 51.2 Å². The van der Waals surface area contributed by atoms with Crippen LogP contribution in [0, 0.1) is 0 Å². The molecule has 10 rings (SSSR count). The second-order valence-electron chi connectivity index (χ2n) is 12.6.